The number of nitrogens with zero attached hydrogens (tertiary/aromatic N) is 1. The second-order valence-corrected chi connectivity index (χ2v) is 11.9. The van der Waals surface area contributed by atoms with Gasteiger partial charge >= 0.3 is 5.97 Å². The summed E-state index contributed by atoms with van der Waals surface area (Å²) in [5.74, 6) is 2.93. The molecule has 0 amide bonds. The minimum Gasteiger partial charge on any atom is -0.462 e. The van der Waals surface area contributed by atoms with E-state index in [0.717, 1.165) is 69.1 Å². The van der Waals surface area contributed by atoms with E-state index < -0.39 is 0 Å². The molecule has 3 aliphatic rings. The third-order valence-electron chi connectivity index (χ3n) is 9.55. The summed E-state index contributed by atoms with van der Waals surface area (Å²) in [7, 11) is 0. The summed E-state index contributed by atoms with van der Waals surface area (Å²) < 4.78 is 5.99. The van der Waals surface area contributed by atoms with Gasteiger partial charge in [-0.2, -0.15) is 5.26 Å². The highest BCUT2D eigenvalue weighted by Gasteiger charge is 2.38. The maximum Gasteiger partial charge on any atom is 0.309 e. The van der Waals surface area contributed by atoms with Crippen molar-refractivity contribution >= 4 is 5.97 Å². The van der Waals surface area contributed by atoms with E-state index in [-0.39, 0.29) is 23.4 Å². The lowest BCUT2D eigenvalue weighted by molar-refractivity contribution is -0.158. The van der Waals surface area contributed by atoms with Gasteiger partial charge in [0.1, 0.15) is 6.10 Å². The number of rotatable bonds is 11. The molecule has 0 atom stereocenters. The molecule has 0 aliphatic heterocycles. The Labute approximate surface area is 204 Å². The van der Waals surface area contributed by atoms with Crippen molar-refractivity contribution in [1.29, 1.82) is 5.26 Å². The third-order valence-corrected chi connectivity index (χ3v) is 9.55. The average Bonchev–Trinajstić information content (AvgIpc) is 2.86. The standard InChI is InChI=1S/C30H51NO2/c1-3-5-7-9-24-10-12-25(13-11-24)26-14-16-27(17-15-26)29(32)33-28-18-21-30(23-31,22-19-28)20-8-6-4-2/h24-28H,3-22H2,1-2H3. The van der Waals surface area contributed by atoms with Gasteiger partial charge in [0.15, 0.2) is 0 Å². The van der Waals surface area contributed by atoms with Gasteiger partial charge in [-0.15, -0.1) is 0 Å². The van der Waals surface area contributed by atoms with Gasteiger partial charge in [-0.25, -0.2) is 0 Å². The molecule has 3 heteroatoms. The van der Waals surface area contributed by atoms with Crippen molar-refractivity contribution in [3.8, 4) is 6.07 Å². The first-order chi connectivity index (χ1) is 16.1. The van der Waals surface area contributed by atoms with Crippen molar-refractivity contribution in [1.82, 2.24) is 0 Å². The van der Waals surface area contributed by atoms with Gasteiger partial charge in [-0.1, -0.05) is 71.6 Å². The summed E-state index contributed by atoms with van der Waals surface area (Å²) in [6.07, 6.45) is 24.1. The van der Waals surface area contributed by atoms with E-state index in [1.165, 1.54) is 77.0 Å². The molecule has 0 aromatic carbocycles. The van der Waals surface area contributed by atoms with Crippen LogP contribution in [0.5, 0.6) is 0 Å². The Morgan fingerprint density at radius 2 is 1.39 bits per heavy atom. The predicted octanol–water partition coefficient (Wildman–Crippen LogP) is 8.76. The van der Waals surface area contributed by atoms with Gasteiger partial charge in [0.05, 0.1) is 17.4 Å². The maximum absolute atomic E-state index is 12.9. The smallest absolute Gasteiger partial charge is 0.309 e. The minimum absolute atomic E-state index is 0.0471. The normalized spacial score (nSPS) is 35.0. The van der Waals surface area contributed by atoms with Crippen molar-refractivity contribution in [3.05, 3.63) is 0 Å². The first-order valence-electron chi connectivity index (χ1n) is 14.7. The van der Waals surface area contributed by atoms with Crippen molar-refractivity contribution in [2.24, 2.45) is 29.1 Å². The van der Waals surface area contributed by atoms with Crippen LogP contribution in [0.15, 0.2) is 0 Å². The summed E-state index contributed by atoms with van der Waals surface area (Å²) in [5.41, 5.74) is -0.162. The number of nitriles is 1. The summed E-state index contributed by atoms with van der Waals surface area (Å²) in [4.78, 5) is 12.9. The van der Waals surface area contributed by atoms with Gasteiger partial charge in [0.2, 0.25) is 0 Å². The molecule has 3 aliphatic carbocycles. The van der Waals surface area contributed by atoms with Gasteiger partial charge in [-0.05, 0) is 88.4 Å². The lowest BCUT2D eigenvalue weighted by Crippen LogP contribution is -2.34. The summed E-state index contributed by atoms with van der Waals surface area (Å²) in [6, 6.07) is 2.62. The van der Waals surface area contributed by atoms with Crippen molar-refractivity contribution < 1.29 is 9.53 Å². The van der Waals surface area contributed by atoms with Crippen LogP contribution in [0.4, 0.5) is 0 Å². The zero-order valence-electron chi connectivity index (χ0n) is 21.8. The highest BCUT2D eigenvalue weighted by Crippen LogP contribution is 2.44. The van der Waals surface area contributed by atoms with Crippen LogP contribution < -0.4 is 0 Å². The first-order valence-corrected chi connectivity index (χ1v) is 14.7. The summed E-state index contributed by atoms with van der Waals surface area (Å²) in [6.45, 7) is 4.51. The van der Waals surface area contributed by atoms with Crippen LogP contribution in [0.25, 0.3) is 0 Å². The molecule has 0 bridgehead atoms. The molecule has 0 N–H and O–H groups in total. The summed E-state index contributed by atoms with van der Waals surface area (Å²) >= 11 is 0. The van der Waals surface area contributed by atoms with E-state index in [1.54, 1.807) is 0 Å². The second kappa shape index (κ2) is 13.7. The van der Waals surface area contributed by atoms with Crippen LogP contribution in [-0.2, 0) is 9.53 Å². The van der Waals surface area contributed by atoms with Crippen molar-refractivity contribution in [2.45, 2.75) is 148 Å². The molecule has 0 unspecified atom stereocenters. The van der Waals surface area contributed by atoms with Crippen molar-refractivity contribution in [3.63, 3.8) is 0 Å². The average molecular weight is 458 g/mol. The Bertz CT molecular complexity index is 599. The van der Waals surface area contributed by atoms with Gasteiger partial charge < -0.3 is 4.74 Å². The molecule has 0 radical (unpaired) electrons. The Kier molecular flexibility index (Phi) is 11.1. The molecule has 3 fully saturated rings. The molecule has 0 aromatic heterocycles. The van der Waals surface area contributed by atoms with Crippen LogP contribution in [-0.4, -0.2) is 12.1 Å². The number of carbonyl (C=O) groups is 1. The fourth-order valence-electron chi connectivity index (χ4n) is 7.11. The van der Waals surface area contributed by atoms with E-state index in [9.17, 15) is 10.1 Å². The van der Waals surface area contributed by atoms with E-state index in [0.29, 0.717) is 0 Å². The largest absolute Gasteiger partial charge is 0.462 e. The first kappa shape index (κ1) is 26.6. The molecule has 3 rings (SSSR count). The molecule has 0 saturated heterocycles. The molecular weight excluding hydrogens is 406 g/mol. The Morgan fingerprint density at radius 1 is 0.818 bits per heavy atom. The van der Waals surface area contributed by atoms with Gasteiger partial charge in [0.25, 0.3) is 0 Å². The minimum atomic E-state index is -0.162. The number of hydrogen-bond acceptors (Lipinski definition) is 3. The molecule has 3 saturated carbocycles. The highest BCUT2D eigenvalue weighted by atomic mass is 16.5. The highest BCUT2D eigenvalue weighted by molar-refractivity contribution is 5.72. The molecule has 188 valence electrons. The monoisotopic (exact) mass is 457 g/mol. The van der Waals surface area contributed by atoms with Crippen LogP contribution in [0, 0.1) is 40.4 Å². The number of unbranched alkanes of at least 4 members (excludes halogenated alkanes) is 4. The van der Waals surface area contributed by atoms with Crippen LogP contribution in [0.1, 0.15) is 142 Å². The fourth-order valence-corrected chi connectivity index (χ4v) is 7.11. The van der Waals surface area contributed by atoms with Crippen LogP contribution in [0.2, 0.25) is 0 Å². The Balaban J connectivity index is 1.33. The number of carbonyl (C=O) groups excluding carboxylic acids is 1. The molecule has 33 heavy (non-hydrogen) atoms. The van der Waals surface area contributed by atoms with E-state index in [2.05, 4.69) is 19.9 Å². The van der Waals surface area contributed by atoms with Crippen molar-refractivity contribution in [2.75, 3.05) is 0 Å². The molecule has 0 heterocycles. The van der Waals surface area contributed by atoms with Crippen LogP contribution >= 0.6 is 0 Å². The summed E-state index contributed by atoms with van der Waals surface area (Å²) in [5, 5.41) is 9.75. The molecule has 0 aromatic rings. The van der Waals surface area contributed by atoms with Gasteiger partial charge in [-0.3, -0.25) is 4.79 Å². The Morgan fingerprint density at radius 3 is 1.97 bits per heavy atom. The van der Waals surface area contributed by atoms with E-state index in [4.69, 9.17) is 4.74 Å². The second-order valence-electron chi connectivity index (χ2n) is 11.9. The number of ether oxygens (including phenoxy) is 1. The van der Waals surface area contributed by atoms with Gasteiger partial charge in [0, 0.05) is 0 Å². The molecular formula is C30H51NO2. The zero-order valence-corrected chi connectivity index (χ0v) is 21.8. The lowest BCUT2D eigenvalue weighted by Gasteiger charge is -2.38. The predicted molar refractivity (Wildman–Crippen MR) is 136 cm³/mol. The number of hydrogen-bond donors (Lipinski definition) is 0. The van der Waals surface area contributed by atoms with E-state index in [1.807, 2.05) is 0 Å². The topological polar surface area (TPSA) is 50.1 Å². The fraction of sp³-hybridized carbons (Fsp3) is 0.933. The lowest BCUT2D eigenvalue weighted by atomic mass is 9.68. The molecule has 3 nitrogen and oxygen atoms in total. The zero-order chi connectivity index (χ0) is 23.5. The Hall–Kier alpha value is -1.04. The number of esters is 1. The third kappa shape index (κ3) is 8.00. The molecule has 0 spiro atoms. The SMILES string of the molecule is CCCCCC1CCC(C2CCC(C(=O)OC3CCC(C#N)(CCCCC)CC3)CC2)CC1. The van der Waals surface area contributed by atoms with E-state index >= 15 is 0 Å². The van der Waals surface area contributed by atoms with Crippen LogP contribution in [0.3, 0.4) is 0 Å². The maximum atomic E-state index is 12.9. The quantitative estimate of drug-likeness (QED) is 0.230.